The van der Waals surface area contributed by atoms with E-state index in [2.05, 4.69) is 0 Å². The number of hydrogen-bond donors (Lipinski definition) is 0. The van der Waals surface area contributed by atoms with Crippen LogP contribution in [-0.4, -0.2) is 11.7 Å². The first-order valence-corrected chi connectivity index (χ1v) is 6.76. The fourth-order valence-corrected chi connectivity index (χ4v) is 2.20. The van der Waals surface area contributed by atoms with E-state index in [0.717, 1.165) is 11.6 Å². The number of ether oxygens (including phenoxy) is 3. The van der Waals surface area contributed by atoms with Gasteiger partial charge in [0, 0.05) is 12.1 Å². The topological polar surface area (TPSA) is 118 Å². The van der Waals surface area contributed by atoms with Crippen molar-refractivity contribution in [3.63, 3.8) is 0 Å². The van der Waals surface area contributed by atoms with Gasteiger partial charge >= 0.3 is 5.69 Å². The number of benzene rings is 2. The van der Waals surface area contributed by atoms with Gasteiger partial charge in [-0.2, -0.15) is 10.5 Å². The van der Waals surface area contributed by atoms with E-state index in [1.54, 1.807) is 24.3 Å². The lowest BCUT2D eigenvalue weighted by Gasteiger charge is -2.08. The van der Waals surface area contributed by atoms with E-state index in [9.17, 15) is 10.1 Å². The summed E-state index contributed by atoms with van der Waals surface area (Å²) in [5.41, 5.74) is 0.297. The van der Waals surface area contributed by atoms with Crippen molar-refractivity contribution in [1.29, 1.82) is 10.5 Å². The van der Waals surface area contributed by atoms with Crippen molar-refractivity contribution in [2.75, 3.05) is 6.79 Å². The molecule has 0 spiro atoms. The second-order valence-corrected chi connectivity index (χ2v) is 4.82. The van der Waals surface area contributed by atoms with Crippen molar-refractivity contribution in [2.24, 2.45) is 0 Å². The second-order valence-electron chi connectivity index (χ2n) is 4.82. The normalized spacial score (nSPS) is 11.4. The van der Waals surface area contributed by atoms with Gasteiger partial charge in [0.1, 0.15) is 18.7 Å². The standard InChI is InChI=1S/C16H9N3O5/c17-6-11-4-13(19(20)21)15(5-12(11)7-18)22-8-10-1-2-14-16(3-10)24-9-23-14/h1-5H,8-9H2. The molecule has 1 heterocycles. The summed E-state index contributed by atoms with van der Waals surface area (Å²) in [6.07, 6.45) is 0. The number of nitro benzene ring substituents is 1. The van der Waals surface area contributed by atoms with Crippen molar-refractivity contribution in [1.82, 2.24) is 0 Å². The smallest absolute Gasteiger partial charge is 0.312 e. The Bertz CT molecular complexity index is 911. The third-order valence-electron chi connectivity index (χ3n) is 3.37. The molecular weight excluding hydrogens is 314 g/mol. The molecule has 0 bridgehead atoms. The highest BCUT2D eigenvalue weighted by molar-refractivity contribution is 5.59. The molecule has 0 aliphatic carbocycles. The van der Waals surface area contributed by atoms with E-state index in [4.69, 9.17) is 24.7 Å². The number of rotatable bonds is 4. The van der Waals surface area contributed by atoms with Crippen LogP contribution in [0.3, 0.4) is 0 Å². The van der Waals surface area contributed by atoms with Gasteiger partial charge in [0.2, 0.25) is 6.79 Å². The first kappa shape index (κ1) is 15.1. The van der Waals surface area contributed by atoms with Crippen molar-refractivity contribution >= 4 is 5.69 Å². The molecule has 3 rings (SSSR count). The molecular formula is C16H9N3O5. The van der Waals surface area contributed by atoms with Crippen molar-refractivity contribution < 1.29 is 19.1 Å². The molecule has 0 amide bonds. The zero-order valence-corrected chi connectivity index (χ0v) is 12.2. The molecule has 118 valence electrons. The number of nitriles is 2. The van der Waals surface area contributed by atoms with E-state index in [1.807, 2.05) is 6.07 Å². The van der Waals surface area contributed by atoms with Gasteiger partial charge in [-0.25, -0.2) is 0 Å². The van der Waals surface area contributed by atoms with Crippen molar-refractivity contribution in [2.45, 2.75) is 6.61 Å². The lowest BCUT2D eigenvalue weighted by Crippen LogP contribution is -2.01. The average molecular weight is 323 g/mol. The molecule has 0 saturated heterocycles. The number of fused-ring (bicyclic) bond motifs is 1. The summed E-state index contributed by atoms with van der Waals surface area (Å²) in [5.74, 6) is 1.12. The minimum absolute atomic E-state index is 0.0174. The summed E-state index contributed by atoms with van der Waals surface area (Å²) < 4.78 is 15.9. The van der Waals surface area contributed by atoms with Crippen LogP contribution in [0.25, 0.3) is 0 Å². The third kappa shape index (κ3) is 2.76. The van der Waals surface area contributed by atoms with Crippen LogP contribution in [0.15, 0.2) is 30.3 Å². The van der Waals surface area contributed by atoms with Crippen LogP contribution in [0.1, 0.15) is 16.7 Å². The monoisotopic (exact) mass is 323 g/mol. The Morgan fingerprint density at radius 1 is 1.12 bits per heavy atom. The highest BCUT2D eigenvalue weighted by atomic mass is 16.7. The summed E-state index contributed by atoms with van der Waals surface area (Å²) in [6.45, 7) is 0.181. The Hall–Kier alpha value is -3.78. The van der Waals surface area contributed by atoms with Crippen LogP contribution in [0.4, 0.5) is 5.69 Å². The van der Waals surface area contributed by atoms with Gasteiger partial charge < -0.3 is 14.2 Å². The maximum Gasteiger partial charge on any atom is 0.312 e. The molecule has 24 heavy (non-hydrogen) atoms. The second kappa shape index (κ2) is 6.15. The van der Waals surface area contributed by atoms with Crippen LogP contribution in [0, 0.1) is 32.8 Å². The van der Waals surface area contributed by atoms with Gasteiger partial charge in [-0.3, -0.25) is 10.1 Å². The maximum absolute atomic E-state index is 11.2. The van der Waals surface area contributed by atoms with Crippen LogP contribution < -0.4 is 14.2 Å². The maximum atomic E-state index is 11.2. The van der Waals surface area contributed by atoms with Crippen LogP contribution in [-0.2, 0) is 6.61 Å². The molecule has 0 atom stereocenters. The Morgan fingerprint density at radius 2 is 1.83 bits per heavy atom. The van der Waals surface area contributed by atoms with Crippen molar-refractivity contribution in [3.05, 3.63) is 57.1 Å². The van der Waals surface area contributed by atoms with Gasteiger partial charge in [0.05, 0.1) is 16.1 Å². The summed E-state index contributed by atoms with van der Waals surface area (Å²) in [6, 6.07) is 11.0. The number of nitro groups is 1. The molecule has 0 N–H and O–H groups in total. The van der Waals surface area contributed by atoms with Gasteiger partial charge in [-0.05, 0) is 17.7 Å². The van der Waals surface area contributed by atoms with Gasteiger partial charge in [0.25, 0.3) is 0 Å². The lowest BCUT2D eigenvalue weighted by molar-refractivity contribution is -0.386. The molecule has 0 radical (unpaired) electrons. The predicted molar refractivity (Wildman–Crippen MR) is 79.4 cm³/mol. The molecule has 0 saturated carbocycles. The molecule has 0 fully saturated rings. The minimum atomic E-state index is -0.656. The molecule has 2 aromatic carbocycles. The Morgan fingerprint density at radius 3 is 2.54 bits per heavy atom. The first-order valence-electron chi connectivity index (χ1n) is 6.76. The van der Waals surface area contributed by atoms with Crippen molar-refractivity contribution in [3.8, 4) is 29.4 Å². The molecule has 1 aliphatic heterocycles. The summed E-state index contributed by atoms with van der Waals surface area (Å²) in [4.78, 5) is 10.5. The van der Waals surface area contributed by atoms with E-state index >= 15 is 0 Å². The van der Waals surface area contributed by atoms with Crippen LogP contribution in [0.2, 0.25) is 0 Å². The Balaban J connectivity index is 1.88. The summed E-state index contributed by atoms with van der Waals surface area (Å²) in [5, 5.41) is 29.1. The van der Waals surface area contributed by atoms with E-state index < -0.39 is 4.92 Å². The fourth-order valence-electron chi connectivity index (χ4n) is 2.20. The lowest BCUT2D eigenvalue weighted by atomic mass is 10.1. The van der Waals surface area contributed by atoms with E-state index in [-0.39, 0.29) is 36.0 Å². The van der Waals surface area contributed by atoms with Gasteiger partial charge in [-0.15, -0.1) is 0 Å². The van der Waals surface area contributed by atoms with Crippen LogP contribution >= 0.6 is 0 Å². The van der Waals surface area contributed by atoms with Crippen LogP contribution in [0.5, 0.6) is 17.2 Å². The Kier molecular flexibility index (Phi) is 3.87. The zero-order valence-electron chi connectivity index (χ0n) is 12.2. The summed E-state index contributed by atoms with van der Waals surface area (Å²) >= 11 is 0. The molecule has 2 aromatic rings. The number of hydrogen-bond acceptors (Lipinski definition) is 7. The predicted octanol–water partition coefficient (Wildman–Crippen LogP) is 2.65. The highest BCUT2D eigenvalue weighted by Gasteiger charge is 2.20. The highest BCUT2D eigenvalue weighted by Crippen LogP contribution is 2.34. The average Bonchev–Trinajstić information content (AvgIpc) is 3.06. The number of nitrogens with zero attached hydrogens (tertiary/aromatic N) is 3. The van der Waals surface area contributed by atoms with Gasteiger partial charge in [-0.1, -0.05) is 6.07 Å². The van der Waals surface area contributed by atoms with Gasteiger partial charge in [0.15, 0.2) is 17.2 Å². The molecule has 8 nitrogen and oxygen atoms in total. The third-order valence-corrected chi connectivity index (χ3v) is 3.37. The van der Waals surface area contributed by atoms with E-state index in [1.165, 1.54) is 6.07 Å². The molecule has 1 aliphatic rings. The minimum Gasteiger partial charge on any atom is -0.482 e. The zero-order chi connectivity index (χ0) is 17.1. The SMILES string of the molecule is N#Cc1cc(OCc2ccc3c(c2)OCO3)c([N+](=O)[O-])cc1C#N. The molecule has 8 heteroatoms. The first-order chi connectivity index (χ1) is 11.6. The molecule has 0 aromatic heterocycles. The quantitative estimate of drug-likeness (QED) is 0.626. The summed E-state index contributed by atoms with van der Waals surface area (Å²) in [7, 11) is 0. The Labute approximate surface area is 136 Å². The molecule has 0 unspecified atom stereocenters. The largest absolute Gasteiger partial charge is 0.482 e. The van der Waals surface area contributed by atoms with E-state index in [0.29, 0.717) is 11.5 Å². The fraction of sp³-hybridized carbons (Fsp3) is 0.125.